The molecule has 2 aromatic heterocycles. The molecular formula is C18H11ClN2O. The van der Waals surface area contributed by atoms with Crippen molar-refractivity contribution in [3.8, 4) is 22.6 Å². The van der Waals surface area contributed by atoms with E-state index in [9.17, 15) is 0 Å². The minimum absolute atomic E-state index is 0.570. The average Bonchev–Trinajstić information content (AvgIpc) is 2.99. The van der Waals surface area contributed by atoms with E-state index in [1.165, 1.54) is 0 Å². The fourth-order valence-electron chi connectivity index (χ4n) is 2.40. The first kappa shape index (κ1) is 13.0. The van der Waals surface area contributed by atoms with Gasteiger partial charge in [-0.1, -0.05) is 35.9 Å². The number of nitrogens with zero attached hydrogens (tertiary/aromatic N) is 2. The van der Waals surface area contributed by atoms with Gasteiger partial charge in [0.2, 0.25) is 5.89 Å². The SMILES string of the molecule is Clc1cc(-c2nc3ccccc3o2)ccc1-c1cccnc1. The van der Waals surface area contributed by atoms with E-state index >= 15 is 0 Å². The standard InChI is InChI=1S/C18H11ClN2O/c19-15-10-12(7-8-14(15)13-4-3-9-20-11-13)18-21-16-5-1-2-6-17(16)22-18/h1-11H. The van der Waals surface area contributed by atoms with Crippen LogP contribution in [0.5, 0.6) is 0 Å². The van der Waals surface area contributed by atoms with E-state index in [1.807, 2.05) is 54.6 Å². The predicted octanol–water partition coefficient (Wildman–Crippen LogP) is 5.21. The van der Waals surface area contributed by atoms with Crippen molar-refractivity contribution in [1.82, 2.24) is 9.97 Å². The molecule has 0 aliphatic rings. The molecule has 0 atom stereocenters. The number of pyridine rings is 1. The van der Waals surface area contributed by atoms with Gasteiger partial charge >= 0.3 is 0 Å². The first-order valence-corrected chi connectivity index (χ1v) is 7.25. The van der Waals surface area contributed by atoms with E-state index in [0.717, 1.165) is 27.8 Å². The molecule has 2 aromatic carbocycles. The third kappa shape index (κ3) is 2.26. The molecule has 0 amide bonds. The van der Waals surface area contributed by atoms with Gasteiger partial charge in [-0.05, 0) is 30.3 Å². The molecule has 0 spiro atoms. The Kier molecular flexibility index (Phi) is 3.13. The highest BCUT2D eigenvalue weighted by Gasteiger charge is 2.11. The quantitative estimate of drug-likeness (QED) is 0.510. The summed E-state index contributed by atoms with van der Waals surface area (Å²) in [6, 6.07) is 17.3. The van der Waals surface area contributed by atoms with Crippen molar-refractivity contribution in [2.75, 3.05) is 0 Å². The maximum absolute atomic E-state index is 6.42. The minimum atomic E-state index is 0.570. The fourth-order valence-corrected chi connectivity index (χ4v) is 2.69. The maximum Gasteiger partial charge on any atom is 0.227 e. The Balaban J connectivity index is 1.79. The molecule has 0 saturated heterocycles. The third-order valence-electron chi connectivity index (χ3n) is 3.48. The summed E-state index contributed by atoms with van der Waals surface area (Å²) in [6.07, 6.45) is 3.53. The number of benzene rings is 2. The van der Waals surface area contributed by atoms with Crippen LogP contribution >= 0.6 is 11.6 Å². The van der Waals surface area contributed by atoms with Crippen molar-refractivity contribution in [2.45, 2.75) is 0 Å². The van der Waals surface area contributed by atoms with Crippen molar-refractivity contribution in [1.29, 1.82) is 0 Å². The number of fused-ring (bicyclic) bond motifs is 1. The van der Waals surface area contributed by atoms with Crippen LogP contribution in [0.1, 0.15) is 0 Å². The highest BCUT2D eigenvalue weighted by Crippen LogP contribution is 2.32. The topological polar surface area (TPSA) is 38.9 Å². The van der Waals surface area contributed by atoms with Gasteiger partial charge in [0.15, 0.2) is 5.58 Å². The highest BCUT2D eigenvalue weighted by atomic mass is 35.5. The van der Waals surface area contributed by atoms with Crippen LogP contribution in [0, 0.1) is 0 Å². The summed E-state index contributed by atoms with van der Waals surface area (Å²) in [7, 11) is 0. The molecule has 0 N–H and O–H groups in total. The van der Waals surface area contributed by atoms with Crippen molar-refractivity contribution >= 4 is 22.7 Å². The van der Waals surface area contributed by atoms with Crippen LogP contribution in [0.3, 0.4) is 0 Å². The maximum atomic E-state index is 6.42. The van der Waals surface area contributed by atoms with E-state index in [0.29, 0.717) is 10.9 Å². The fraction of sp³-hybridized carbons (Fsp3) is 0. The number of oxazole rings is 1. The van der Waals surface area contributed by atoms with Crippen molar-refractivity contribution < 1.29 is 4.42 Å². The summed E-state index contributed by atoms with van der Waals surface area (Å²) in [5.74, 6) is 0.570. The number of para-hydroxylation sites is 2. The smallest absolute Gasteiger partial charge is 0.227 e. The molecule has 4 heteroatoms. The van der Waals surface area contributed by atoms with Gasteiger partial charge in [-0.15, -0.1) is 0 Å². The van der Waals surface area contributed by atoms with Crippen LogP contribution < -0.4 is 0 Å². The lowest BCUT2D eigenvalue weighted by molar-refractivity contribution is 0.620. The number of rotatable bonds is 2. The predicted molar refractivity (Wildman–Crippen MR) is 87.7 cm³/mol. The summed E-state index contributed by atoms with van der Waals surface area (Å²) in [5.41, 5.74) is 4.38. The lowest BCUT2D eigenvalue weighted by atomic mass is 10.1. The summed E-state index contributed by atoms with van der Waals surface area (Å²) in [6.45, 7) is 0. The molecule has 0 bridgehead atoms. The Morgan fingerprint density at radius 2 is 1.82 bits per heavy atom. The van der Waals surface area contributed by atoms with Gasteiger partial charge in [-0.2, -0.15) is 0 Å². The van der Waals surface area contributed by atoms with E-state index in [1.54, 1.807) is 12.4 Å². The number of halogens is 1. The zero-order valence-electron chi connectivity index (χ0n) is 11.5. The molecule has 4 rings (SSSR count). The van der Waals surface area contributed by atoms with Crippen LogP contribution in [0.25, 0.3) is 33.7 Å². The lowest BCUT2D eigenvalue weighted by Gasteiger charge is -2.05. The molecule has 0 aliphatic heterocycles. The van der Waals surface area contributed by atoms with E-state index < -0.39 is 0 Å². The van der Waals surface area contributed by atoms with Gasteiger partial charge in [0.25, 0.3) is 0 Å². The molecule has 4 aromatic rings. The molecule has 0 unspecified atom stereocenters. The molecule has 0 saturated carbocycles. The first-order valence-electron chi connectivity index (χ1n) is 6.87. The van der Waals surface area contributed by atoms with Gasteiger partial charge in [0.05, 0.1) is 0 Å². The van der Waals surface area contributed by atoms with E-state index in [-0.39, 0.29) is 0 Å². The van der Waals surface area contributed by atoms with Gasteiger partial charge in [-0.25, -0.2) is 4.98 Å². The molecule has 2 heterocycles. The first-order chi connectivity index (χ1) is 10.8. The van der Waals surface area contributed by atoms with Crippen molar-refractivity contribution in [3.05, 3.63) is 72.0 Å². The van der Waals surface area contributed by atoms with Crippen LogP contribution in [-0.2, 0) is 0 Å². The molecular weight excluding hydrogens is 296 g/mol. The molecule has 0 radical (unpaired) electrons. The molecule has 0 aliphatic carbocycles. The highest BCUT2D eigenvalue weighted by molar-refractivity contribution is 6.33. The number of hydrogen-bond acceptors (Lipinski definition) is 3. The Morgan fingerprint density at radius 1 is 0.909 bits per heavy atom. The van der Waals surface area contributed by atoms with Crippen LogP contribution in [-0.4, -0.2) is 9.97 Å². The normalized spacial score (nSPS) is 11.0. The van der Waals surface area contributed by atoms with Crippen LogP contribution in [0.4, 0.5) is 0 Å². The van der Waals surface area contributed by atoms with Gasteiger partial charge in [0.1, 0.15) is 5.52 Å². The van der Waals surface area contributed by atoms with Gasteiger partial charge < -0.3 is 4.42 Å². The summed E-state index contributed by atoms with van der Waals surface area (Å²) >= 11 is 6.42. The van der Waals surface area contributed by atoms with E-state index in [2.05, 4.69) is 9.97 Å². The number of hydrogen-bond donors (Lipinski definition) is 0. The Morgan fingerprint density at radius 3 is 2.59 bits per heavy atom. The summed E-state index contributed by atoms with van der Waals surface area (Å²) < 4.78 is 5.77. The Bertz CT molecular complexity index is 915. The van der Waals surface area contributed by atoms with Crippen molar-refractivity contribution in [2.24, 2.45) is 0 Å². The Hall–Kier alpha value is -2.65. The van der Waals surface area contributed by atoms with Crippen LogP contribution in [0.15, 0.2) is 71.4 Å². The molecule has 0 fully saturated rings. The Labute approximate surface area is 132 Å². The third-order valence-corrected chi connectivity index (χ3v) is 3.80. The lowest BCUT2D eigenvalue weighted by Crippen LogP contribution is -1.83. The zero-order chi connectivity index (χ0) is 14.9. The molecule has 3 nitrogen and oxygen atoms in total. The number of aromatic nitrogens is 2. The second-order valence-electron chi connectivity index (χ2n) is 4.92. The van der Waals surface area contributed by atoms with Gasteiger partial charge in [-0.3, -0.25) is 4.98 Å². The second kappa shape index (κ2) is 5.28. The zero-order valence-corrected chi connectivity index (χ0v) is 12.3. The largest absolute Gasteiger partial charge is 0.436 e. The van der Waals surface area contributed by atoms with Crippen molar-refractivity contribution in [3.63, 3.8) is 0 Å². The second-order valence-corrected chi connectivity index (χ2v) is 5.33. The minimum Gasteiger partial charge on any atom is -0.436 e. The average molecular weight is 307 g/mol. The van der Waals surface area contributed by atoms with Gasteiger partial charge in [0, 0.05) is 34.1 Å². The molecule has 106 valence electrons. The summed E-state index contributed by atoms with van der Waals surface area (Å²) in [4.78, 5) is 8.61. The van der Waals surface area contributed by atoms with Crippen LogP contribution in [0.2, 0.25) is 5.02 Å². The summed E-state index contributed by atoms with van der Waals surface area (Å²) in [5, 5.41) is 0.646. The molecule has 22 heavy (non-hydrogen) atoms. The monoisotopic (exact) mass is 306 g/mol. The van der Waals surface area contributed by atoms with E-state index in [4.69, 9.17) is 16.0 Å².